The van der Waals surface area contributed by atoms with E-state index >= 15 is 0 Å². The first-order valence-electron chi connectivity index (χ1n) is 12.0. The van der Waals surface area contributed by atoms with Crippen LogP contribution in [0.25, 0.3) is 0 Å². The van der Waals surface area contributed by atoms with E-state index in [1.54, 1.807) is 6.07 Å². The predicted octanol–water partition coefficient (Wildman–Crippen LogP) is 7.77. The second-order valence-electron chi connectivity index (χ2n) is 9.81. The third-order valence-corrected chi connectivity index (χ3v) is 7.34. The van der Waals surface area contributed by atoms with Crippen molar-refractivity contribution in [1.29, 1.82) is 0 Å². The van der Waals surface area contributed by atoms with E-state index in [4.69, 9.17) is 4.74 Å². The van der Waals surface area contributed by atoms with Crippen LogP contribution in [0.15, 0.2) is 42.7 Å². The van der Waals surface area contributed by atoms with Crippen LogP contribution in [-0.2, 0) is 22.7 Å². The second-order valence-corrected chi connectivity index (χ2v) is 9.81. The number of halogens is 6. The van der Waals surface area contributed by atoms with Crippen molar-refractivity contribution in [1.82, 2.24) is 4.98 Å². The minimum absolute atomic E-state index is 0.239. The van der Waals surface area contributed by atoms with Gasteiger partial charge in [-0.3, -0.25) is 4.98 Å². The molecular formula is C26H29F6NO2. The molecule has 3 nitrogen and oxygen atoms in total. The lowest BCUT2D eigenvalue weighted by atomic mass is 9.65. The largest absolute Gasteiger partial charge is 0.573 e. The van der Waals surface area contributed by atoms with Crippen molar-refractivity contribution < 1.29 is 35.8 Å². The summed E-state index contributed by atoms with van der Waals surface area (Å²) in [6.45, 7) is 0.530. The highest BCUT2D eigenvalue weighted by Crippen LogP contribution is 2.51. The number of hydrogen-bond donors (Lipinski definition) is 0. The molecule has 2 aromatic rings. The van der Waals surface area contributed by atoms with Crippen LogP contribution in [0, 0.1) is 0 Å². The Hall–Kier alpha value is -2.29. The molecule has 0 radical (unpaired) electrons. The molecule has 1 spiro atoms. The number of benzene rings is 1. The quantitative estimate of drug-likeness (QED) is 0.287. The summed E-state index contributed by atoms with van der Waals surface area (Å²) in [6, 6.07) is 7.36. The Kier molecular flexibility index (Phi) is 7.36. The highest BCUT2D eigenvalue weighted by Gasteiger charge is 2.47. The van der Waals surface area contributed by atoms with Gasteiger partial charge in [0.2, 0.25) is 0 Å². The van der Waals surface area contributed by atoms with Gasteiger partial charge in [0.05, 0.1) is 11.2 Å². The molecular weight excluding hydrogens is 472 g/mol. The Morgan fingerprint density at radius 2 is 1.71 bits per heavy atom. The van der Waals surface area contributed by atoms with Crippen LogP contribution in [0.2, 0.25) is 0 Å². The number of rotatable bonds is 7. The van der Waals surface area contributed by atoms with E-state index in [1.165, 1.54) is 18.3 Å². The third-order valence-electron chi connectivity index (χ3n) is 7.34. The molecule has 1 saturated carbocycles. The molecule has 1 aromatic carbocycles. The third kappa shape index (κ3) is 6.48. The minimum atomic E-state index is -4.77. The Balaban J connectivity index is 1.51. The molecule has 9 heteroatoms. The number of aryl methyl sites for hydroxylation is 1. The molecule has 2 fully saturated rings. The van der Waals surface area contributed by atoms with Crippen LogP contribution in [0.1, 0.15) is 74.5 Å². The number of nitrogens with zero attached hydrogens (tertiary/aromatic N) is 1. The summed E-state index contributed by atoms with van der Waals surface area (Å²) in [4.78, 5) is 3.73. The van der Waals surface area contributed by atoms with Gasteiger partial charge >= 0.3 is 12.5 Å². The number of ether oxygens (including phenoxy) is 2. The van der Waals surface area contributed by atoms with Crippen LogP contribution in [0.4, 0.5) is 26.3 Å². The van der Waals surface area contributed by atoms with Crippen molar-refractivity contribution in [2.75, 3.05) is 6.61 Å². The average Bonchev–Trinajstić information content (AvgIpc) is 3.23. The number of unbranched alkanes of at least 4 members (excludes halogenated alkanes) is 1. The van der Waals surface area contributed by atoms with Crippen molar-refractivity contribution in [3.8, 4) is 5.75 Å². The van der Waals surface area contributed by atoms with Gasteiger partial charge in [0.15, 0.2) is 0 Å². The van der Waals surface area contributed by atoms with Crippen molar-refractivity contribution >= 4 is 0 Å². The summed E-state index contributed by atoms with van der Waals surface area (Å²) >= 11 is 0. The number of alkyl halides is 6. The van der Waals surface area contributed by atoms with Gasteiger partial charge in [0.25, 0.3) is 0 Å². The molecule has 35 heavy (non-hydrogen) atoms. The first kappa shape index (κ1) is 25.8. The highest BCUT2D eigenvalue weighted by molar-refractivity contribution is 5.35. The summed E-state index contributed by atoms with van der Waals surface area (Å²) in [5.74, 6) is -0.239. The standard InChI is InChI=1S/C26H29F6NO2/c27-25(28,29)21-14-19(16-33-17-21)6-1-2-9-23(12-13-34-24(18-23)10-3-4-11-24)20-7-5-8-22(15-20)35-26(30,31)32/h5,7-8,14-17H,1-4,6,9-13,18H2/t23-/m1/s1. The first-order chi connectivity index (χ1) is 16.5. The van der Waals surface area contributed by atoms with E-state index < -0.39 is 18.1 Å². The number of pyridine rings is 1. The summed E-state index contributed by atoms with van der Waals surface area (Å²) < 4.78 is 87.9. The van der Waals surface area contributed by atoms with Crippen LogP contribution < -0.4 is 4.74 Å². The van der Waals surface area contributed by atoms with Gasteiger partial charge in [-0.05, 0) is 74.3 Å². The van der Waals surface area contributed by atoms with Gasteiger partial charge in [0.1, 0.15) is 5.75 Å². The molecule has 1 aromatic heterocycles. The van der Waals surface area contributed by atoms with E-state index in [9.17, 15) is 26.3 Å². The fourth-order valence-electron chi connectivity index (χ4n) is 5.76. The molecule has 2 heterocycles. The smallest absolute Gasteiger partial charge is 0.406 e. The van der Waals surface area contributed by atoms with Crippen molar-refractivity contribution in [2.24, 2.45) is 0 Å². The maximum atomic E-state index is 13.0. The van der Waals surface area contributed by atoms with Gasteiger partial charge in [0, 0.05) is 24.4 Å². The molecule has 0 N–H and O–H groups in total. The SMILES string of the molecule is FC(F)(F)Oc1cccc([C@]2(CCCCc3cncc(C(F)(F)F)c3)CCOC3(CCCC3)C2)c1. The van der Waals surface area contributed by atoms with Crippen LogP contribution in [-0.4, -0.2) is 23.6 Å². The van der Waals surface area contributed by atoms with E-state index in [2.05, 4.69) is 9.72 Å². The van der Waals surface area contributed by atoms with Gasteiger partial charge in [-0.2, -0.15) is 13.2 Å². The molecule has 192 valence electrons. The molecule has 4 rings (SSSR count). The highest BCUT2D eigenvalue weighted by atomic mass is 19.4. The Labute approximate surface area is 200 Å². The molecule has 1 saturated heterocycles. The Morgan fingerprint density at radius 1 is 0.943 bits per heavy atom. The summed E-state index contributed by atoms with van der Waals surface area (Å²) in [7, 11) is 0. The average molecular weight is 502 g/mol. The van der Waals surface area contributed by atoms with Crippen molar-refractivity contribution in [3.63, 3.8) is 0 Å². The van der Waals surface area contributed by atoms with Gasteiger partial charge in [-0.25, -0.2) is 0 Å². The molecule has 0 unspecified atom stereocenters. The van der Waals surface area contributed by atoms with Crippen LogP contribution in [0.5, 0.6) is 5.75 Å². The fourth-order valence-corrected chi connectivity index (χ4v) is 5.76. The Bertz CT molecular complexity index is 1000. The van der Waals surface area contributed by atoms with Crippen LogP contribution >= 0.6 is 0 Å². The lowest BCUT2D eigenvalue weighted by molar-refractivity contribution is -0.274. The van der Waals surface area contributed by atoms with E-state index in [-0.39, 0.29) is 16.8 Å². The summed E-state index contributed by atoms with van der Waals surface area (Å²) in [5.41, 5.74) is -0.0761. The molecule has 1 aliphatic carbocycles. The maximum absolute atomic E-state index is 13.0. The zero-order valence-electron chi connectivity index (χ0n) is 19.4. The van der Waals surface area contributed by atoms with Crippen molar-refractivity contribution in [3.05, 3.63) is 59.4 Å². The normalized spacial score (nSPS) is 22.5. The maximum Gasteiger partial charge on any atom is 0.573 e. The molecule has 0 bridgehead atoms. The van der Waals surface area contributed by atoms with E-state index in [0.29, 0.717) is 37.9 Å². The topological polar surface area (TPSA) is 31.4 Å². The molecule has 1 aliphatic heterocycles. The summed E-state index contributed by atoms with van der Waals surface area (Å²) in [6.07, 6.45) is 0.984. The number of hydrogen-bond acceptors (Lipinski definition) is 3. The van der Waals surface area contributed by atoms with E-state index in [0.717, 1.165) is 56.4 Å². The van der Waals surface area contributed by atoms with Gasteiger partial charge in [-0.15, -0.1) is 13.2 Å². The number of aromatic nitrogens is 1. The fraction of sp³-hybridized carbons (Fsp3) is 0.577. The van der Waals surface area contributed by atoms with E-state index in [1.807, 2.05) is 6.07 Å². The minimum Gasteiger partial charge on any atom is -0.406 e. The lowest BCUT2D eigenvalue weighted by Crippen LogP contribution is -2.46. The predicted molar refractivity (Wildman–Crippen MR) is 118 cm³/mol. The lowest BCUT2D eigenvalue weighted by Gasteiger charge is -2.47. The van der Waals surface area contributed by atoms with Gasteiger partial charge in [-0.1, -0.05) is 31.4 Å². The van der Waals surface area contributed by atoms with Gasteiger partial charge < -0.3 is 9.47 Å². The van der Waals surface area contributed by atoms with Crippen molar-refractivity contribution in [2.45, 2.75) is 87.8 Å². The molecule has 2 aliphatic rings. The molecule has 1 atom stereocenters. The Morgan fingerprint density at radius 3 is 2.43 bits per heavy atom. The molecule has 0 amide bonds. The monoisotopic (exact) mass is 501 g/mol. The first-order valence-corrected chi connectivity index (χ1v) is 12.0. The zero-order valence-corrected chi connectivity index (χ0v) is 19.4. The summed E-state index contributed by atoms with van der Waals surface area (Å²) in [5, 5.41) is 0. The van der Waals surface area contributed by atoms with Crippen LogP contribution in [0.3, 0.4) is 0 Å². The second kappa shape index (κ2) is 9.99. The zero-order chi connectivity index (χ0) is 25.2.